The molecule has 5 nitrogen and oxygen atoms in total. The third kappa shape index (κ3) is 3.63. The molecule has 0 saturated carbocycles. The molecule has 0 fully saturated rings. The number of aliphatic hydroxyl groups excluding tert-OH is 1. The number of rotatable bonds is 4. The molecule has 0 heterocycles. The molecular formula is C19H21NO4. The van der Waals surface area contributed by atoms with Crippen LogP contribution in [0.15, 0.2) is 48.5 Å². The van der Waals surface area contributed by atoms with Crippen molar-refractivity contribution in [3.05, 3.63) is 59.7 Å². The fourth-order valence-electron chi connectivity index (χ4n) is 2.86. The Morgan fingerprint density at radius 3 is 2.12 bits per heavy atom. The van der Waals surface area contributed by atoms with Crippen molar-refractivity contribution in [3.8, 4) is 11.1 Å². The Morgan fingerprint density at radius 1 is 1.12 bits per heavy atom. The Kier molecular flexibility index (Phi) is 6.09. The van der Waals surface area contributed by atoms with E-state index in [0.29, 0.717) is 6.29 Å². The monoisotopic (exact) mass is 327 g/mol. The van der Waals surface area contributed by atoms with E-state index in [2.05, 4.69) is 29.6 Å². The summed E-state index contributed by atoms with van der Waals surface area (Å²) in [5, 5.41) is 9.47. The van der Waals surface area contributed by atoms with Crippen molar-refractivity contribution in [2.75, 3.05) is 13.7 Å². The molecule has 2 aromatic rings. The SMILES string of the molecule is CC(C=O)NC(=O)OCC1c2ccccc2-c2ccccc21.CO. The summed E-state index contributed by atoms with van der Waals surface area (Å²) >= 11 is 0. The highest BCUT2D eigenvalue weighted by atomic mass is 16.5. The number of aldehydes is 1. The normalized spacial score (nSPS) is 13.0. The minimum absolute atomic E-state index is 0.0321. The predicted octanol–water partition coefficient (Wildman–Crippen LogP) is 2.72. The fraction of sp³-hybridized carbons (Fsp3) is 0.263. The van der Waals surface area contributed by atoms with Crippen LogP contribution in [0.4, 0.5) is 4.79 Å². The fourth-order valence-corrected chi connectivity index (χ4v) is 2.86. The summed E-state index contributed by atoms with van der Waals surface area (Å²) in [5.74, 6) is 0.0321. The van der Waals surface area contributed by atoms with Crippen LogP contribution >= 0.6 is 0 Å². The molecule has 1 atom stereocenters. The predicted molar refractivity (Wildman–Crippen MR) is 91.9 cm³/mol. The first-order valence-electron chi connectivity index (χ1n) is 7.72. The first kappa shape index (κ1) is 17.7. The molecule has 5 heteroatoms. The van der Waals surface area contributed by atoms with Gasteiger partial charge in [-0.05, 0) is 29.2 Å². The average Bonchev–Trinajstić information content (AvgIpc) is 2.95. The summed E-state index contributed by atoms with van der Waals surface area (Å²) in [6.45, 7) is 1.86. The summed E-state index contributed by atoms with van der Waals surface area (Å²) in [7, 11) is 1.00. The van der Waals surface area contributed by atoms with E-state index in [9.17, 15) is 9.59 Å². The maximum atomic E-state index is 11.7. The van der Waals surface area contributed by atoms with Gasteiger partial charge in [0.2, 0.25) is 0 Å². The quantitative estimate of drug-likeness (QED) is 0.847. The van der Waals surface area contributed by atoms with Crippen molar-refractivity contribution in [1.29, 1.82) is 0 Å². The van der Waals surface area contributed by atoms with E-state index in [1.165, 1.54) is 22.3 Å². The lowest BCUT2D eigenvalue weighted by molar-refractivity contribution is -0.109. The minimum Gasteiger partial charge on any atom is -0.449 e. The number of amides is 1. The van der Waals surface area contributed by atoms with Crippen LogP contribution in [0.1, 0.15) is 24.0 Å². The van der Waals surface area contributed by atoms with Crippen molar-refractivity contribution in [1.82, 2.24) is 5.32 Å². The van der Waals surface area contributed by atoms with Gasteiger partial charge in [-0.1, -0.05) is 48.5 Å². The maximum absolute atomic E-state index is 11.7. The van der Waals surface area contributed by atoms with Crippen molar-refractivity contribution in [2.24, 2.45) is 0 Å². The molecule has 1 aliphatic carbocycles. The second-order valence-corrected chi connectivity index (χ2v) is 5.39. The molecule has 1 unspecified atom stereocenters. The number of aliphatic hydroxyl groups is 1. The molecule has 0 radical (unpaired) electrons. The Bertz CT molecular complexity index is 669. The van der Waals surface area contributed by atoms with Crippen molar-refractivity contribution in [2.45, 2.75) is 18.9 Å². The highest BCUT2D eigenvalue weighted by Crippen LogP contribution is 2.44. The molecule has 1 aliphatic rings. The largest absolute Gasteiger partial charge is 0.449 e. The van der Waals surface area contributed by atoms with Crippen LogP contribution in [0, 0.1) is 0 Å². The number of benzene rings is 2. The van der Waals surface area contributed by atoms with Gasteiger partial charge in [0.05, 0.1) is 6.04 Å². The highest BCUT2D eigenvalue weighted by molar-refractivity contribution is 5.79. The van der Waals surface area contributed by atoms with E-state index in [4.69, 9.17) is 9.84 Å². The van der Waals surface area contributed by atoms with Crippen LogP contribution in [0.2, 0.25) is 0 Å². The molecule has 2 aromatic carbocycles. The van der Waals surface area contributed by atoms with Crippen molar-refractivity contribution < 1.29 is 19.4 Å². The first-order valence-corrected chi connectivity index (χ1v) is 7.72. The zero-order chi connectivity index (χ0) is 17.5. The van der Waals surface area contributed by atoms with E-state index < -0.39 is 12.1 Å². The van der Waals surface area contributed by atoms with Gasteiger partial charge < -0.3 is 20.0 Å². The van der Waals surface area contributed by atoms with Crippen LogP contribution in [0.3, 0.4) is 0 Å². The molecule has 0 aliphatic heterocycles. The zero-order valence-electron chi connectivity index (χ0n) is 13.7. The number of fused-ring (bicyclic) bond motifs is 3. The van der Waals surface area contributed by atoms with Crippen LogP contribution in [-0.4, -0.2) is 37.2 Å². The zero-order valence-corrected chi connectivity index (χ0v) is 13.7. The minimum atomic E-state index is -0.568. The molecule has 0 saturated heterocycles. The Hall–Kier alpha value is -2.66. The topological polar surface area (TPSA) is 75.6 Å². The second kappa shape index (κ2) is 8.26. The third-order valence-electron chi connectivity index (χ3n) is 3.89. The third-order valence-corrected chi connectivity index (χ3v) is 3.89. The smallest absolute Gasteiger partial charge is 0.407 e. The molecule has 3 rings (SSSR count). The van der Waals surface area contributed by atoms with Gasteiger partial charge in [0.1, 0.15) is 12.9 Å². The Balaban J connectivity index is 0.00000100. The molecule has 0 spiro atoms. The highest BCUT2D eigenvalue weighted by Gasteiger charge is 2.29. The lowest BCUT2D eigenvalue weighted by atomic mass is 9.98. The number of hydrogen-bond acceptors (Lipinski definition) is 4. The number of ether oxygens (including phenoxy) is 1. The van der Waals surface area contributed by atoms with Crippen molar-refractivity contribution in [3.63, 3.8) is 0 Å². The first-order chi connectivity index (χ1) is 11.7. The van der Waals surface area contributed by atoms with Gasteiger partial charge in [0.25, 0.3) is 0 Å². The molecule has 126 valence electrons. The molecule has 0 aromatic heterocycles. The summed E-state index contributed by atoms with van der Waals surface area (Å²) in [5.41, 5.74) is 4.71. The Labute approximate surface area is 141 Å². The lowest BCUT2D eigenvalue weighted by Crippen LogP contribution is -2.34. The molecule has 0 bridgehead atoms. The molecule has 1 amide bonds. The van der Waals surface area contributed by atoms with E-state index in [-0.39, 0.29) is 12.5 Å². The Morgan fingerprint density at radius 2 is 1.62 bits per heavy atom. The van der Waals surface area contributed by atoms with Crippen LogP contribution in [0.25, 0.3) is 11.1 Å². The van der Waals surface area contributed by atoms with Crippen LogP contribution in [0.5, 0.6) is 0 Å². The van der Waals surface area contributed by atoms with E-state index in [1.807, 2.05) is 24.3 Å². The van der Waals surface area contributed by atoms with Gasteiger partial charge in [0, 0.05) is 13.0 Å². The van der Waals surface area contributed by atoms with Crippen molar-refractivity contribution >= 4 is 12.4 Å². The average molecular weight is 327 g/mol. The summed E-state index contributed by atoms with van der Waals surface area (Å²) in [4.78, 5) is 22.3. The number of hydrogen-bond donors (Lipinski definition) is 2. The van der Waals surface area contributed by atoms with E-state index in [1.54, 1.807) is 6.92 Å². The molecule has 2 N–H and O–H groups in total. The van der Waals surface area contributed by atoms with Gasteiger partial charge in [-0.15, -0.1) is 0 Å². The summed E-state index contributed by atoms with van der Waals surface area (Å²) in [6.07, 6.45) is 0.1000. The van der Waals surface area contributed by atoms with E-state index >= 15 is 0 Å². The summed E-state index contributed by atoms with van der Waals surface area (Å²) in [6, 6.07) is 15.8. The lowest BCUT2D eigenvalue weighted by Gasteiger charge is -2.15. The van der Waals surface area contributed by atoms with Crippen LogP contribution in [-0.2, 0) is 9.53 Å². The van der Waals surface area contributed by atoms with Gasteiger partial charge in [-0.3, -0.25) is 0 Å². The summed E-state index contributed by atoms with van der Waals surface area (Å²) < 4.78 is 5.30. The van der Waals surface area contributed by atoms with Gasteiger partial charge in [-0.2, -0.15) is 0 Å². The number of nitrogens with one attached hydrogen (secondary N) is 1. The van der Waals surface area contributed by atoms with Crippen LogP contribution < -0.4 is 5.32 Å². The standard InChI is InChI=1S/C18H17NO3.CH4O/c1-12(10-20)19-18(21)22-11-17-15-8-4-2-6-13(15)14-7-3-5-9-16(14)17;1-2/h2-10,12,17H,11H2,1H3,(H,19,21);2H,1H3. The molecular weight excluding hydrogens is 306 g/mol. The van der Waals surface area contributed by atoms with Gasteiger partial charge in [-0.25, -0.2) is 4.79 Å². The van der Waals surface area contributed by atoms with Gasteiger partial charge in [0.15, 0.2) is 0 Å². The number of alkyl carbamates (subject to hydrolysis) is 1. The van der Waals surface area contributed by atoms with E-state index in [0.717, 1.165) is 7.11 Å². The number of carbonyl (C=O) groups excluding carboxylic acids is 2. The molecule has 24 heavy (non-hydrogen) atoms. The maximum Gasteiger partial charge on any atom is 0.407 e. The second-order valence-electron chi connectivity index (χ2n) is 5.39. The van der Waals surface area contributed by atoms with Gasteiger partial charge >= 0.3 is 6.09 Å². The number of carbonyl (C=O) groups is 2.